The van der Waals surface area contributed by atoms with Crippen molar-refractivity contribution in [2.75, 3.05) is 11.9 Å². The van der Waals surface area contributed by atoms with Gasteiger partial charge in [0.15, 0.2) is 5.65 Å². The standard InChI is InChI=1S/C27H21N5O/c1-2-29-21-8-6-7-20(17-21)25-15-16-30-27-24(18-28)26(31-32(25)27)19-11-13-23(14-12-19)33-22-9-4-3-5-10-22/h3-17,29H,2H2,1H3. The number of nitrogens with zero attached hydrogens (tertiary/aromatic N) is 4. The summed E-state index contributed by atoms with van der Waals surface area (Å²) in [4.78, 5) is 4.45. The molecule has 5 aromatic rings. The van der Waals surface area contributed by atoms with E-state index >= 15 is 0 Å². The molecule has 0 aliphatic carbocycles. The van der Waals surface area contributed by atoms with Crippen LogP contribution >= 0.6 is 0 Å². The van der Waals surface area contributed by atoms with Crippen LogP contribution in [0, 0.1) is 11.3 Å². The highest BCUT2D eigenvalue weighted by atomic mass is 16.5. The molecular weight excluding hydrogens is 410 g/mol. The van der Waals surface area contributed by atoms with Gasteiger partial charge in [-0.2, -0.15) is 10.4 Å². The van der Waals surface area contributed by atoms with Gasteiger partial charge in [-0.15, -0.1) is 0 Å². The van der Waals surface area contributed by atoms with Crippen molar-refractivity contribution in [3.63, 3.8) is 0 Å². The summed E-state index contributed by atoms with van der Waals surface area (Å²) in [6.45, 7) is 2.90. The zero-order chi connectivity index (χ0) is 22.6. The van der Waals surface area contributed by atoms with E-state index < -0.39 is 0 Å². The lowest BCUT2D eigenvalue weighted by Gasteiger charge is -2.08. The van der Waals surface area contributed by atoms with Gasteiger partial charge in [0.1, 0.15) is 28.8 Å². The van der Waals surface area contributed by atoms with E-state index in [9.17, 15) is 5.26 Å². The molecule has 0 saturated carbocycles. The van der Waals surface area contributed by atoms with E-state index in [1.165, 1.54) is 0 Å². The molecule has 0 bridgehead atoms. The number of nitrogens with one attached hydrogen (secondary N) is 1. The molecule has 0 amide bonds. The number of fused-ring (bicyclic) bond motifs is 1. The van der Waals surface area contributed by atoms with Crippen molar-refractivity contribution < 1.29 is 4.74 Å². The van der Waals surface area contributed by atoms with Gasteiger partial charge in [-0.05, 0) is 61.5 Å². The first kappa shape index (κ1) is 20.3. The Morgan fingerprint density at radius 1 is 0.909 bits per heavy atom. The van der Waals surface area contributed by atoms with Gasteiger partial charge in [0.25, 0.3) is 0 Å². The fourth-order valence-electron chi connectivity index (χ4n) is 3.77. The first-order chi connectivity index (χ1) is 16.3. The lowest BCUT2D eigenvalue weighted by molar-refractivity contribution is 0.483. The second-order valence-electron chi connectivity index (χ2n) is 7.45. The Labute approximate surface area is 191 Å². The zero-order valence-electron chi connectivity index (χ0n) is 18.1. The molecule has 0 atom stereocenters. The Morgan fingerprint density at radius 3 is 2.45 bits per heavy atom. The molecule has 0 spiro atoms. The molecule has 3 aromatic carbocycles. The molecule has 0 saturated heterocycles. The van der Waals surface area contributed by atoms with Crippen molar-refractivity contribution in [2.24, 2.45) is 0 Å². The van der Waals surface area contributed by atoms with Crippen molar-refractivity contribution in [1.82, 2.24) is 14.6 Å². The first-order valence-corrected chi connectivity index (χ1v) is 10.7. The Hall–Kier alpha value is -4.63. The second-order valence-corrected chi connectivity index (χ2v) is 7.45. The SMILES string of the molecule is CCNc1cccc(-c2ccnc3c(C#N)c(-c4ccc(Oc5ccccc5)cc4)nn23)c1. The molecule has 0 radical (unpaired) electrons. The van der Waals surface area contributed by atoms with Gasteiger partial charge >= 0.3 is 0 Å². The van der Waals surface area contributed by atoms with E-state index in [4.69, 9.17) is 9.84 Å². The molecule has 6 nitrogen and oxygen atoms in total. The maximum atomic E-state index is 9.91. The molecule has 160 valence electrons. The number of nitriles is 1. The van der Waals surface area contributed by atoms with E-state index in [2.05, 4.69) is 29.4 Å². The predicted octanol–water partition coefficient (Wildman–Crippen LogP) is 6.16. The highest BCUT2D eigenvalue weighted by molar-refractivity contribution is 5.77. The van der Waals surface area contributed by atoms with Crippen LogP contribution in [0.5, 0.6) is 11.5 Å². The van der Waals surface area contributed by atoms with Gasteiger partial charge in [0.05, 0.1) is 5.69 Å². The van der Waals surface area contributed by atoms with Crippen LogP contribution in [0.3, 0.4) is 0 Å². The predicted molar refractivity (Wildman–Crippen MR) is 129 cm³/mol. The average molecular weight is 431 g/mol. The molecule has 0 aliphatic rings. The number of para-hydroxylation sites is 1. The molecular formula is C27H21N5O. The molecule has 2 heterocycles. The Kier molecular flexibility index (Phi) is 5.44. The topological polar surface area (TPSA) is 75.2 Å². The van der Waals surface area contributed by atoms with Crippen molar-refractivity contribution in [2.45, 2.75) is 6.92 Å². The summed E-state index contributed by atoms with van der Waals surface area (Å²) >= 11 is 0. The third-order valence-corrected chi connectivity index (χ3v) is 5.28. The summed E-state index contributed by atoms with van der Waals surface area (Å²) in [5, 5.41) is 18.0. The van der Waals surface area contributed by atoms with Crippen molar-refractivity contribution in [1.29, 1.82) is 5.26 Å². The lowest BCUT2D eigenvalue weighted by atomic mass is 10.1. The molecule has 2 aromatic heterocycles. The molecule has 33 heavy (non-hydrogen) atoms. The molecule has 5 rings (SSSR count). The van der Waals surface area contributed by atoms with Crippen LogP contribution in [0.1, 0.15) is 12.5 Å². The largest absolute Gasteiger partial charge is 0.457 e. The number of ether oxygens (including phenoxy) is 1. The lowest BCUT2D eigenvalue weighted by Crippen LogP contribution is -1.99. The summed E-state index contributed by atoms with van der Waals surface area (Å²) in [6.07, 6.45) is 1.72. The van der Waals surface area contributed by atoms with Crippen LogP contribution < -0.4 is 10.1 Å². The monoisotopic (exact) mass is 431 g/mol. The first-order valence-electron chi connectivity index (χ1n) is 10.7. The van der Waals surface area contributed by atoms with Crippen molar-refractivity contribution in [3.8, 4) is 40.1 Å². The van der Waals surface area contributed by atoms with Gasteiger partial charge < -0.3 is 10.1 Å². The van der Waals surface area contributed by atoms with E-state index in [0.717, 1.165) is 34.8 Å². The fraction of sp³-hybridized carbons (Fsp3) is 0.0741. The van der Waals surface area contributed by atoms with E-state index in [-0.39, 0.29) is 0 Å². The van der Waals surface area contributed by atoms with Crippen LogP contribution in [0.2, 0.25) is 0 Å². The van der Waals surface area contributed by atoms with Gasteiger partial charge in [0.2, 0.25) is 0 Å². The number of aromatic nitrogens is 3. The van der Waals surface area contributed by atoms with Gasteiger partial charge in [-0.3, -0.25) is 0 Å². The maximum Gasteiger partial charge on any atom is 0.174 e. The minimum Gasteiger partial charge on any atom is -0.457 e. The minimum atomic E-state index is 0.441. The van der Waals surface area contributed by atoms with Crippen LogP contribution in [0.25, 0.3) is 28.2 Å². The summed E-state index contributed by atoms with van der Waals surface area (Å²) in [5.41, 5.74) is 5.27. The van der Waals surface area contributed by atoms with E-state index in [0.29, 0.717) is 22.7 Å². The highest BCUT2D eigenvalue weighted by Gasteiger charge is 2.18. The van der Waals surface area contributed by atoms with Crippen LogP contribution in [0.4, 0.5) is 5.69 Å². The highest BCUT2D eigenvalue weighted by Crippen LogP contribution is 2.31. The second kappa shape index (κ2) is 8.85. The van der Waals surface area contributed by atoms with Gasteiger partial charge in [0, 0.05) is 29.6 Å². The van der Waals surface area contributed by atoms with Gasteiger partial charge in [-0.1, -0.05) is 30.3 Å². The number of hydrogen-bond donors (Lipinski definition) is 1. The Bertz CT molecular complexity index is 1450. The fourth-order valence-corrected chi connectivity index (χ4v) is 3.77. The normalized spacial score (nSPS) is 10.7. The maximum absolute atomic E-state index is 9.91. The Morgan fingerprint density at radius 2 is 1.70 bits per heavy atom. The smallest absolute Gasteiger partial charge is 0.174 e. The van der Waals surface area contributed by atoms with Crippen LogP contribution in [-0.4, -0.2) is 21.1 Å². The molecule has 0 aliphatic heterocycles. The number of hydrogen-bond acceptors (Lipinski definition) is 5. The third-order valence-electron chi connectivity index (χ3n) is 5.28. The molecule has 0 fully saturated rings. The summed E-state index contributed by atoms with van der Waals surface area (Å²) < 4.78 is 7.63. The van der Waals surface area contributed by atoms with Gasteiger partial charge in [-0.25, -0.2) is 9.50 Å². The van der Waals surface area contributed by atoms with Crippen LogP contribution in [0.15, 0.2) is 91.1 Å². The zero-order valence-corrected chi connectivity index (χ0v) is 18.1. The molecule has 6 heteroatoms. The van der Waals surface area contributed by atoms with Crippen molar-refractivity contribution in [3.05, 3.63) is 96.7 Å². The van der Waals surface area contributed by atoms with Crippen molar-refractivity contribution >= 4 is 11.3 Å². The summed E-state index contributed by atoms with van der Waals surface area (Å²) in [5.74, 6) is 1.48. The summed E-state index contributed by atoms with van der Waals surface area (Å²) in [7, 11) is 0. The number of anilines is 1. The average Bonchev–Trinajstić information content (AvgIpc) is 3.24. The minimum absolute atomic E-state index is 0.441. The third kappa shape index (κ3) is 4.00. The Balaban J connectivity index is 1.55. The molecule has 0 unspecified atom stereocenters. The number of rotatable bonds is 6. The molecule has 1 N–H and O–H groups in total. The quantitative estimate of drug-likeness (QED) is 0.348. The number of benzene rings is 3. The van der Waals surface area contributed by atoms with E-state index in [1.807, 2.05) is 78.9 Å². The summed E-state index contributed by atoms with van der Waals surface area (Å²) in [6, 6.07) is 29.5. The van der Waals surface area contributed by atoms with Crippen LogP contribution in [-0.2, 0) is 0 Å². The van der Waals surface area contributed by atoms with E-state index in [1.54, 1.807) is 10.7 Å².